The number of aryl methyl sites for hydroxylation is 2. The second kappa shape index (κ2) is 5.17. The smallest absolute Gasteiger partial charge is 0.104 e. The zero-order valence-corrected chi connectivity index (χ0v) is 10.7. The summed E-state index contributed by atoms with van der Waals surface area (Å²) in [6.07, 6.45) is 0. The molecule has 0 spiro atoms. The van der Waals surface area contributed by atoms with Crippen LogP contribution in [0.4, 0.5) is 0 Å². The van der Waals surface area contributed by atoms with Crippen molar-refractivity contribution in [1.29, 1.82) is 0 Å². The van der Waals surface area contributed by atoms with Gasteiger partial charge in [-0.1, -0.05) is 11.8 Å². The van der Waals surface area contributed by atoms with Crippen molar-refractivity contribution >= 4 is 11.3 Å². The Balaban J connectivity index is 2.14. The molecular formula is C13H14N2OS. The molecule has 0 amide bonds. The molecule has 88 valence electrons. The Kier molecular flexibility index (Phi) is 3.62. The van der Waals surface area contributed by atoms with Crippen molar-refractivity contribution in [2.75, 3.05) is 6.61 Å². The van der Waals surface area contributed by atoms with E-state index in [1.54, 1.807) is 11.3 Å². The van der Waals surface area contributed by atoms with Gasteiger partial charge in [0.2, 0.25) is 0 Å². The predicted octanol–water partition coefficient (Wildman–Crippen LogP) is 1.95. The molecular weight excluding hydrogens is 232 g/mol. The average molecular weight is 246 g/mol. The first kappa shape index (κ1) is 11.9. The lowest BCUT2D eigenvalue weighted by Crippen LogP contribution is -2.02. The van der Waals surface area contributed by atoms with Gasteiger partial charge in [0, 0.05) is 21.5 Å². The van der Waals surface area contributed by atoms with Crippen LogP contribution in [0.1, 0.15) is 21.8 Å². The summed E-state index contributed by atoms with van der Waals surface area (Å²) >= 11 is 1.67. The molecule has 2 aromatic rings. The SMILES string of the molecule is Cc1cc(C)n(Cc2cc(C#CCO)cs2)n1. The quantitative estimate of drug-likeness (QED) is 0.823. The Hall–Kier alpha value is -1.57. The normalized spacial score (nSPS) is 10.1. The molecule has 0 saturated carbocycles. The number of nitrogens with zero attached hydrogens (tertiary/aromatic N) is 2. The minimum absolute atomic E-state index is 0.0946. The summed E-state index contributed by atoms with van der Waals surface area (Å²) in [5.74, 6) is 5.55. The second-order valence-corrected chi connectivity index (χ2v) is 4.84. The van der Waals surface area contributed by atoms with Crippen LogP contribution in [-0.4, -0.2) is 21.5 Å². The summed E-state index contributed by atoms with van der Waals surface area (Å²) in [5, 5.41) is 15.1. The fourth-order valence-electron chi connectivity index (χ4n) is 1.65. The van der Waals surface area contributed by atoms with Crippen LogP contribution in [0, 0.1) is 25.7 Å². The molecule has 0 radical (unpaired) electrons. The van der Waals surface area contributed by atoms with Crippen molar-refractivity contribution in [3.63, 3.8) is 0 Å². The monoisotopic (exact) mass is 246 g/mol. The van der Waals surface area contributed by atoms with E-state index < -0.39 is 0 Å². The van der Waals surface area contributed by atoms with Crippen LogP contribution in [0.3, 0.4) is 0 Å². The van der Waals surface area contributed by atoms with E-state index in [4.69, 9.17) is 5.11 Å². The highest BCUT2D eigenvalue weighted by Crippen LogP contribution is 2.16. The maximum atomic E-state index is 8.62. The molecule has 17 heavy (non-hydrogen) atoms. The Bertz CT molecular complexity index is 572. The molecule has 0 unspecified atom stereocenters. The van der Waals surface area contributed by atoms with Gasteiger partial charge in [-0.25, -0.2) is 0 Å². The van der Waals surface area contributed by atoms with Gasteiger partial charge in [0.05, 0.1) is 12.2 Å². The van der Waals surface area contributed by atoms with E-state index in [2.05, 4.69) is 29.9 Å². The maximum Gasteiger partial charge on any atom is 0.104 e. The number of aromatic nitrogens is 2. The van der Waals surface area contributed by atoms with Gasteiger partial charge < -0.3 is 5.11 Å². The summed E-state index contributed by atoms with van der Waals surface area (Å²) in [5.41, 5.74) is 3.17. The molecule has 2 rings (SSSR count). The molecule has 2 heterocycles. The number of thiophene rings is 1. The van der Waals surface area contributed by atoms with Crippen molar-refractivity contribution in [2.45, 2.75) is 20.4 Å². The summed E-state index contributed by atoms with van der Waals surface area (Å²) in [6.45, 7) is 4.74. The van der Waals surface area contributed by atoms with E-state index in [0.717, 1.165) is 17.8 Å². The molecule has 0 saturated heterocycles. The van der Waals surface area contributed by atoms with Gasteiger partial charge in [0.25, 0.3) is 0 Å². The summed E-state index contributed by atoms with van der Waals surface area (Å²) in [6, 6.07) is 4.11. The van der Waals surface area contributed by atoms with Crippen LogP contribution in [0.2, 0.25) is 0 Å². The average Bonchev–Trinajstić information content (AvgIpc) is 2.84. The van der Waals surface area contributed by atoms with Gasteiger partial charge in [-0.15, -0.1) is 11.3 Å². The molecule has 1 N–H and O–H groups in total. The third kappa shape index (κ3) is 2.96. The van der Waals surface area contributed by atoms with Crippen LogP contribution in [0.25, 0.3) is 0 Å². The van der Waals surface area contributed by atoms with Gasteiger partial charge in [0.15, 0.2) is 0 Å². The zero-order valence-electron chi connectivity index (χ0n) is 9.90. The molecule has 0 aliphatic rings. The Morgan fingerprint density at radius 3 is 2.88 bits per heavy atom. The number of hydrogen-bond donors (Lipinski definition) is 1. The summed E-state index contributed by atoms with van der Waals surface area (Å²) < 4.78 is 1.99. The molecule has 3 nitrogen and oxygen atoms in total. The Labute approximate surface area is 105 Å². The van der Waals surface area contributed by atoms with E-state index in [-0.39, 0.29) is 6.61 Å². The predicted molar refractivity (Wildman–Crippen MR) is 69.1 cm³/mol. The van der Waals surface area contributed by atoms with Gasteiger partial charge in [-0.2, -0.15) is 5.10 Å². The molecule has 4 heteroatoms. The first-order valence-corrected chi connectivity index (χ1v) is 6.25. The van der Waals surface area contributed by atoms with E-state index >= 15 is 0 Å². The number of aliphatic hydroxyl groups is 1. The Morgan fingerprint density at radius 2 is 2.24 bits per heavy atom. The van der Waals surface area contributed by atoms with Crippen LogP contribution >= 0.6 is 11.3 Å². The lowest BCUT2D eigenvalue weighted by Gasteiger charge is -2.00. The largest absolute Gasteiger partial charge is 0.384 e. The highest BCUT2D eigenvalue weighted by molar-refractivity contribution is 7.10. The van der Waals surface area contributed by atoms with E-state index in [9.17, 15) is 0 Å². The van der Waals surface area contributed by atoms with Crippen LogP contribution in [-0.2, 0) is 6.54 Å². The molecule has 0 atom stereocenters. The van der Waals surface area contributed by atoms with Gasteiger partial charge in [-0.05, 0) is 26.0 Å². The van der Waals surface area contributed by atoms with E-state index in [1.165, 1.54) is 10.6 Å². The molecule has 0 aromatic carbocycles. The number of hydrogen-bond acceptors (Lipinski definition) is 3. The van der Waals surface area contributed by atoms with Crippen molar-refractivity contribution in [1.82, 2.24) is 9.78 Å². The van der Waals surface area contributed by atoms with E-state index in [0.29, 0.717) is 0 Å². The highest BCUT2D eigenvalue weighted by atomic mass is 32.1. The minimum Gasteiger partial charge on any atom is -0.384 e. The van der Waals surface area contributed by atoms with Crippen molar-refractivity contribution in [3.05, 3.63) is 39.3 Å². The maximum absolute atomic E-state index is 8.62. The van der Waals surface area contributed by atoms with Gasteiger partial charge in [-0.3, -0.25) is 4.68 Å². The fourth-order valence-corrected chi connectivity index (χ4v) is 2.45. The molecule has 0 aliphatic heterocycles. The third-order valence-electron chi connectivity index (χ3n) is 2.37. The van der Waals surface area contributed by atoms with Crippen molar-refractivity contribution in [3.8, 4) is 11.8 Å². The highest BCUT2D eigenvalue weighted by Gasteiger charge is 2.03. The van der Waals surface area contributed by atoms with Crippen molar-refractivity contribution < 1.29 is 5.11 Å². The van der Waals surface area contributed by atoms with Crippen LogP contribution < -0.4 is 0 Å². The Morgan fingerprint density at radius 1 is 1.41 bits per heavy atom. The standard InChI is InChI=1S/C13H14N2OS/c1-10-6-11(2)15(14-10)8-13-7-12(9-17-13)4-3-5-16/h6-7,9,16H,5,8H2,1-2H3. The third-order valence-corrected chi connectivity index (χ3v) is 3.30. The second-order valence-electron chi connectivity index (χ2n) is 3.85. The van der Waals surface area contributed by atoms with Gasteiger partial charge >= 0.3 is 0 Å². The molecule has 0 aliphatic carbocycles. The lowest BCUT2D eigenvalue weighted by atomic mass is 10.3. The van der Waals surface area contributed by atoms with Gasteiger partial charge in [0.1, 0.15) is 6.61 Å². The number of aliphatic hydroxyl groups excluding tert-OH is 1. The summed E-state index contributed by atoms with van der Waals surface area (Å²) in [7, 11) is 0. The first-order chi connectivity index (χ1) is 8.19. The summed E-state index contributed by atoms with van der Waals surface area (Å²) in [4.78, 5) is 1.22. The topological polar surface area (TPSA) is 38.0 Å². The fraction of sp³-hybridized carbons (Fsp3) is 0.308. The first-order valence-electron chi connectivity index (χ1n) is 5.37. The molecule has 2 aromatic heterocycles. The van der Waals surface area contributed by atoms with Crippen LogP contribution in [0.15, 0.2) is 17.5 Å². The molecule has 0 fully saturated rings. The van der Waals surface area contributed by atoms with E-state index in [1.807, 2.05) is 23.1 Å². The minimum atomic E-state index is -0.0946. The van der Waals surface area contributed by atoms with Crippen LogP contribution in [0.5, 0.6) is 0 Å². The number of rotatable bonds is 2. The lowest BCUT2D eigenvalue weighted by molar-refractivity contribution is 0.350. The molecule has 0 bridgehead atoms. The zero-order chi connectivity index (χ0) is 12.3. The van der Waals surface area contributed by atoms with Crippen molar-refractivity contribution in [2.24, 2.45) is 0 Å².